The van der Waals surface area contributed by atoms with Gasteiger partial charge in [-0.2, -0.15) is 13.2 Å². The van der Waals surface area contributed by atoms with Crippen LogP contribution in [0.1, 0.15) is 19.3 Å². The summed E-state index contributed by atoms with van der Waals surface area (Å²) in [6.45, 7) is -0.203. The number of anilines is 1. The molecule has 1 saturated carbocycles. The fraction of sp³-hybridized carbons (Fsp3) is 0.636. The number of rotatable bonds is 4. The minimum Gasteiger partial charge on any atom is -0.380 e. The third-order valence-electron chi connectivity index (χ3n) is 3.64. The van der Waals surface area contributed by atoms with E-state index in [0.717, 1.165) is 12.4 Å². The van der Waals surface area contributed by atoms with Crippen molar-refractivity contribution in [3.63, 3.8) is 0 Å². The van der Waals surface area contributed by atoms with Crippen molar-refractivity contribution >= 4 is 16.0 Å². The first-order chi connectivity index (χ1) is 10.0. The van der Waals surface area contributed by atoms with Crippen molar-refractivity contribution in [2.45, 2.75) is 35.9 Å². The van der Waals surface area contributed by atoms with Crippen molar-refractivity contribution < 1.29 is 26.7 Å². The van der Waals surface area contributed by atoms with E-state index in [-0.39, 0.29) is 23.8 Å². The molecule has 1 aliphatic carbocycles. The van der Waals surface area contributed by atoms with Gasteiger partial charge in [-0.3, -0.25) is 0 Å². The third-order valence-corrected chi connectivity index (χ3v) is 5.02. The number of nitrogen functional groups attached to an aromatic ring is 1. The predicted molar refractivity (Wildman–Crippen MR) is 70.0 cm³/mol. The minimum atomic E-state index is -4.72. The fourth-order valence-electron chi connectivity index (χ4n) is 2.33. The first-order valence-corrected chi connectivity index (χ1v) is 7.88. The van der Waals surface area contributed by atoms with Gasteiger partial charge in [-0.25, -0.2) is 23.1 Å². The lowest BCUT2D eigenvalue weighted by Crippen LogP contribution is -2.43. The normalized spacial score (nSPS) is 26.3. The molecule has 11 heteroatoms. The number of aliphatic hydroxyl groups is 1. The van der Waals surface area contributed by atoms with Gasteiger partial charge in [-0.1, -0.05) is 0 Å². The summed E-state index contributed by atoms with van der Waals surface area (Å²) in [7, 11) is -3.93. The van der Waals surface area contributed by atoms with Crippen LogP contribution in [-0.2, 0) is 10.0 Å². The molecule has 0 saturated heterocycles. The fourth-order valence-corrected chi connectivity index (χ4v) is 3.34. The zero-order valence-electron chi connectivity index (χ0n) is 11.3. The second kappa shape index (κ2) is 5.63. The molecule has 7 nitrogen and oxygen atoms in total. The molecule has 0 amide bonds. The molecule has 22 heavy (non-hydrogen) atoms. The summed E-state index contributed by atoms with van der Waals surface area (Å²) in [5.41, 5.74) is 2.50. The van der Waals surface area contributed by atoms with Gasteiger partial charge in [0.25, 0.3) is 0 Å². The molecular weight excluding hydrogens is 325 g/mol. The van der Waals surface area contributed by atoms with Gasteiger partial charge in [0.05, 0.1) is 12.4 Å². The van der Waals surface area contributed by atoms with E-state index < -0.39 is 40.6 Å². The van der Waals surface area contributed by atoms with Gasteiger partial charge in [-0.15, -0.1) is 0 Å². The molecule has 0 aromatic carbocycles. The van der Waals surface area contributed by atoms with Crippen LogP contribution < -0.4 is 10.5 Å². The van der Waals surface area contributed by atoms with Gasteiger partial charge in [0.15, 0.2) is 5.60 Å². The van der Waals surface area contributed by atoms with Crippen LogP contribution in [0.4, 0.5) is 19.1 Å². The number of nitrogens with one attached hydrogen (secondary N) is 1. The summed E-state index contributed by atoms with van der Waals surface area (Å²) in [6.07, 6.45) is -3.59. The average Bonchev–Trinajstić information content (AvgIpc) is 2.80. The molecule has 1 aromatic heterocycles. The lowest BCUT2D eigenvalue weighted by atomic mass is 10.00. The Balaban J connectivity index is 1.98. The second-order valence-electron chi connectivity index (χ2n) is 5.27. The summed E-state index contributed by atoms with van der Waals surface area (Å²) in [6, 6.07) is 0. The first-order valence-electron chi connectivity index (χ1n) is 6.40. The van der Waals surface area contributed by atoms with Crippen molar-refractivity contribution in [2.24, 2.45) is 5.92 Å². The molecule has 0 spiro atoms. The van der Waals surface area contributed by atoms with E-state index in [0.29, 0.717) is 0 Å². The second-order valence-corrected chi connectivity index (χ2v) is 7.03. The van der Waals surface area contributed by atoms with Crippen LogP contribution in [0.2, 0.25) is 0 Å². The highest BCUT2D eigenvalue weighted by Crippen LogP contribution is 2.45. The molecule has 1 heterocycles. The van der Waals surface area contributed by atoms with E-state index in [9.17, 15) is 26.7 Å². The van der Waals surface area contributed by atoms with Gasteiger partial charge in [0, 0.05) is 6.54 Å². The number of alkyl halides is 3. The van der Waals surface area contributed by atoms with Crippen LogP contribution in [0.3, 0.4) is 0 Å². The topological polar surface area (TPSA) is 118 Å². The van der Waals surface area contributed by atoms with E-state index in [4.69, 9.17) is 5.73 Å². The Bertz CT molecular complexity index is 635. The molecule has 4 N–H and O–H groups in total. The van der Waals surface area contributed by atoms with Crippen molar-refractivity contribution in [1.29, 1.82) is 0 Å². The van der Waals surface area contributed by atoms with Gasteiger partial charge in [-0.05, 0) is 25.2 Å². The van der Waals surface area contributed by atoms with E-state index >= 15 is 0 Å². The Labute approximate surface area is 124 Å². The standard InChI is InChI=1S/C11H15F3N4O3S/c12-11(13,14)10(19)2-1-7(3-10)4-18-22(20,21)8-5-16-9(15)17-6-8/h5-7,18-19H,1-4H2,(H2,15,16,17). The van der Waals surface area contributed by atoms with Gasteiger partial charge in [0.1, 0.15) is 4.90 Å². The SMILES string of the molecule is Nc1ncc(S(=O)(=O)NCC2CCC(O)(C(F)(F)F)C2)cn1. The van der Waals surface area contributed by atoms with Crippen molar-refractivity contribution in [3.8, 4) is 0 Å². The quantitative estimate of drug-likeness (QED) is 0.731. The number of aromatic nitrogens is 2. The molecule has 1 aliphatic rings. The number of sulfonamides is 1. The molecule has 2 unspecified atom stereocenters. The lowest BCUT2D eigenvalue weighted by molar-refractivity contribution is -0.258. The third kappa shape index (κ3) is 3.47. The molecule has 124 valence electrons. The van der Waals surface area contributed by atoms with E-state index in [1.165, 1.54) is 0 Å². The van der Waals surface area contributed by atoms with Gasteiger partial charge in [0.2, 0.25) is 16.0 Å². The maximum absolute atomic E-state index is 12.7. The first kappa shape index (κ1) is 16.9. The van der Waals surface area contributed by atoms with Crippen LogP contribution in [0, 0.1) is 5.92 Å². The molecule has 0 bridgehead atoms. The Morgan fingerprint density at radius 1 is 1.41 bits per heavy atom. The lowest BCUT2D eigenvalue weighted by Gasteiger charge is -2.25. The smallest absolute Gasteiger partial charge is 0.380 e. The summed E-state index contributed by atoms with van der Waals surface area (Å²) >= 11 is 0. The molecule has 0 radical (unpaired) electrons. The Morgan fingerprint density at radius 3 is 2.50 bits per heavy atom. The summed E-state index contributed by atoms with van der Waals surface area (Å²) in [4.78, 5) is 6.85. The minimum absolute atomic E-state index is 0.0801. The summed E-state index contributed by atoms with van der Waals surface area (Å²) in [5, 5.41) is 9.54. The van der Waals surface area contributed by atoms with E-state index in [1.807, 2.05) is 0 Å². The van der Waals surface area contributed by atoms with E-state index in [1.54, 1.807) is 0 Å². The average molecular weight is 340 g/mol. The molecule has 1 fully saturated rings. The monoisotopic (exact) mass is 340 g/mol. The highest BCUT2D eigenvalue weighted by Gasteiger charge is 2.57. The largest absolute Gasteiger partial charge is 0.417 e. The number of nitrogens with zero attached hydrogens (tertiary/aromatic N) is 2. The Kier molecular flexibility index (Phi) is 4.33. The van der Waals surface area contributed by atoms with Crippen LogP contribution in [-0.4, -0.2) is 41.8 Å². The van der Waals surface area contributed by atoms with Crippen LogP contribution in [0.15, 0.2) is 17.3 Å². The molecule has 1 aromatic rings. The highest BCUT2D eigenvalue weighted by molar-refractivity contribution is 7.89. The predicted octanol–water partition coefficient (Wildman–Crippen LogP) is 0.431. The molecule has 2 rings (SSSR count). The molecule has 0 aliphatic heterocycles. The van der Waals surface area contributed by atoms with Gasteiger partial charge >= 0.3 is 6.18 Å². The maximum Gasteiger partial charge on any atom is 0.417 e. The van der Waals surface area contributed by atoms with Crippen LogP contribution in [0.25, 0.3) is 0 Å². The van der Waals surface area contributed by atoms with Crippen LogP contribution in [0.5, 0.6) is 0 Å². The summed E-state index contributed by atoms with van der Waals surface area (Å²) in [5.74, 6) is -0.693. The zero-order valence-corrected chi connectivity index (χ0v) is 12.2. The number of halogens is 3. The molecule has 2 atom stereocenters. The molecular formula is C11H15F3N4O3S. The maximum atomic E-state index is 12.7. The van der Waals surface area contributed by atoms with Crippen molar-refractivity contribution in [1.82, 2.24) is 14.7 Å². The number of nitrogens with two attached hydrogens (primary N) is 1. The highest BCUT2D eigenvalue weighted by atomic mass is 32.2. The van der Waals surface area contributed by atoms with Crippen LogP contribution >= 0.6 is 0 Å². The summed E-state index contributed by atoms with van der Waals surface area (Å²) < 4.78 is 64.1. The van der Waals surface area contributed by atoms with E-state index in [2.05, 4.69) is 14.7 Å². The number of hydrogen-bond donors (Lipinski definition) is 3. The Morgan fingerprint density at radius 2 is 2.00 bits per heavy atom. The number of hydrogen-bond acceptors (Lipinski definition) is 6. The van der Waals surface area contributed by atoms with Crippen molar-refractivity contribution in [3.05, 3.63) is 12.4 Å². The Hall–Kier alpha value is -1.46. The van der Waals surface area contributed by atoms with Crippen molar-refractivity contribution in [2.75, 3.05) is 12.3 Å². The zero-order chi connectivity index (χ0) is 16.6. The van der Waals surface area contributed by atoms with Gasteiger partial charge < -0.3 is 10.8 Å².